The second kappa shape index (κ2) is 6.12. The second-order valence-electron chi connectivity index (χ2n) is 4.57. The Morgan fingerprint density at radius 2 is 2.11 bits per heavy atom. The van der Waals surface area contributed by atoms with Crippen LogP contribution in [-0.2, 0) is 6.54 Å². The highest BCUT2D eigenvalue weighted by Crippen LogP contribution is 2.08. The Hall–Kier alpha value is -1.47. The SMILES string of the molecule is CCn1ccnc(N2CCN(CC(N)=S)CC2)c1=O. The lowest BCUT2D eigenvalue weighted by atomic mass is 10.3. The third kappa shape index (κ3) is 3.30. The number of nitrogens with two attached hydrogens (primary N) is 1. The lowest BCUT2D eigenvalue weighted by Crippen LogP contribution is -2.50. The van der Waals surface area contributed by atoms with Crippen molar-refractivity contribution >= 4 is 23.0 Å². The molecule has 0 spiro atoms. The first kappa shape index (κ1) is 14.0. The van der Waals surface area contributed by atoms with Gasteiger partial charge in [0.1, 0.15) is 0 Å². The van der Waals surface area contributed by atoms with Crippen LogP contribution in [0.5, 0.6) is 0 Å². The zero-order valence-electron chi connectivity index (χ0n) is 11.1. The molecule has 0 bridgehead atoms. The molecule has 0 aromatic carbocycles. The van der Waals surface area contributed by atoms with Gasteiger partial charge in [-0.1, -0.05) is 12.2 Å². The number of hydrogen-bond donors (Lipinski definition) is 1. The van der Waals surface area contributed by atoms with E-state index in [0.717, 1.165) is 26.2 Å². The summed E-state index contributed by atoms with van der Waals surface area (Å²) in [6.07, 6.45) is 3.40. The highest BCUT2D eigenvalue weighted by atomic mass is 32.1. The summed E-state index contributed by atoms with van der Waals surface area (Å²) < 4.78 is 1.67. The van der Waals surface area contributed by atoms with Crippen molar-refractivity contribution in [3.05, 3.63) is 22.7 Å². The van der Waals surface area contributed by atoms with E-state index < -0.39 is 0 Å². The number of aromatic nitrogens is 2. The summed E-state index contributed by atoms with van der Waals surface area (Å²) in [5.41, 5.74) is 5.52. The molecule has 0 unspecified atom stereocenters. The minimum absolute atomic E-state index is 0.0206. The molecule has 7 heteroatoms. The van der Waals surface area contributed by atoms with Gasteiger partial charge in [0.05, 0.1) is 4.99 Å². The van der Waals surface area contributed by atoms with Crippen molar-refractivity contribution in [2.24, 2.45) is 5.73 Å². The van der Waals surface area contributed by atoms with Gasteiger partial charge in [-0.25, -0.2) is 4.98 Å². The molecule has 1 aromatic heterocycles. The fourth-order valence-electron chi connectivity index (χ4n) is 2.24. The van der Waals surface area contributed by atoms with Gasteiger partial charge in [0.2, 0.25) is 0 Å². The predicted octanol–water partition coefficient (Wildman–Crippen LogP) is -0.329. The molecule has 0 radical (unpaired) electrons. The first-order chi connectivity index (χ1) is 9.11. The van der Waals surface area contributed by atoms with E-state index in [2.05, 4.69) is 9.88 Å². The molecule has 0 amide bonds. The van der Waals surface area contributed by atoms with Crippen molar-refractivity contribution in [2.75, 3.05) is 37.6 Å². The van der Waals surface area contributed by atoms with Gasteiger partial charge in [-0.3, -0.25) is 9.69 Å². The number of rotatable bonds is 4. The quantitative estimate of drug-likeness (QED) is 0.762. The normalized spacial score (nSPS) is 16.6. The molecular weight excluding hydrogens is 262 g/mol. The zero-order chi connectivity index (χ0) is 13.8. The number of aryl methyl sites for hydroxylation is 1. The van der Waals surface area contributed by atoms with Crippen LogP contribution in [0.15, 0.2) is 17.2 Å². The molecule has 0 saturated carbocycles. The van der Waals surface area contributed by atoms with E-state index in [0.29, 0.717) is 23.9 Å². The number of anilines is 1. The Kier molecular flexibility index (Phi) is 4.49. The van der Waals surface area contributed by atoms with Gasteiger partial charge in [0, 0.05) is 51.7 Å². The number of piperazine rings is 1. The Morgan fingerprint density at radius 1 is 1.42 bits per heavy atom. The third-order valence-electron chi connectivity index (χ3n) is 3.29. The average Bonchev–Trinajstić information content (AvgIpc) is 2.39. The van der Waals surface area contributed by atoms with Gasteiger partial charge < -0.3 is 15.2 Å². The Bertz CT molecular complexity index is 507. The Morgan fingerprint density at radius 3 is 2.68 bits per heavy atom. The average molecular weight is 281 g/mol. The molecule has 1 fully saturated rings. The molecule has 2 heterocycles. The molecule has 6 nitrogen and oxygen atoms in total. The van der Waals surface area contributed by atoms with Crippen LogP contribution in [0.3, 0.4) is 0 Å². The highest BCUT2D eigenvalue weighted by Gasteiger charge is 2.20. The van der Waals surface area contributed by atoms with E-state index in [1.807, 2.05) is 11.8 Å². The van der Waals surface area contributed by atoms with Crippen LogP contribution in [0.1, 0.15) is 6.92 Å². The maximum atomic E-state index is 12.2. The van der Waals surface area contributed by atoms with Crippen LogP contribution in [0.25, 0.3) is 0 Å². The van der Waals surface area contributed by atoms with E-state index in [1.54, 1.807) is 17.0 Å². The van der Waals surface area contributed by atoms with Crippen LogP contribution >= 0.6 is 12.2 Å². The lowest BCUT2D eigenvalue weighted by molar-refractivity contribution is 0.291. The molecule has 0 aliphatic carbocycles. The summed E-state index contributed by atoms with van der Waals surface area (Å²) in [5.74, 6) is 0.541. The minimum atomic E-state index is -0.0206. The molecule has 1 aliphatic heterocycles. The number of hydrogen-bond acceptors (Lipinski definition) is 5. The van der Waals surface area contributed by atoms with Gasteiger partial charge >= 0.3 is 0 Å². The zero-order valence-corrected chi connectivity index (χ0v) is 11.9. The van der Waals surface area contributed by atoms with E-state index >= 15 is 0 Å². The summed E-state index contributed by atoms with van der Waals surface area (Å²) >= 11 is 4.91. The Labute approximate surface area is 117 Å². The van der Waals surface area contributed by atoms with Crippen molar-refractivity contribution in [3.63, 3.8) is 0 Å². The van der Waals surface area contributed by atoms with E-state index in [1.165, 1.54) is 0 Å². The molecule has 1 aliphatic rings. The van der Waals surface area contributed by atoms with Gasteiger partial charge in [-0.05, 0) is 6.92 Å². The molecule has 0 atom stereocenters. The second-order valence-corrected chi connectivity index (χ2v) is 5.10. The first-order valence-corrected chi connectivity index (χ1v) is 6.83. The topological polar surface area (TPSA) is 67.4 Å². The lowest BCUT2D eigenvalue weighted by Gasteiger charge is -2.34. The molecule has 104 valence electrons. The van der Waals surface area contributed by atoms with Crippen LogP contribution in [0.4, 0.5) is 5.82 Å². The predicted molar refractivity (Wildman–Crippen MR) is 79.6 cm³/mol. The van der Waals surface area contributed by atoms with Crippen LogP contribution in [-0.4, -0.2) is 52.2 Å². The van der Waals surface area contributed by atoms with Gasteiger partial charge in [0.15, 0.2) is 5.82 Å². The smallest absolute Gasteiger partial charge is 0.293 e. The molecule has 2 N–H and O–H groups in total. The van der Waals surface area contributed by atoms with Gasteiger partial charge in [-0.15, -0.1) is 0 Å². The van der Waals surface area contributed by atoms with Crippen molar-refractivity contribution in [1.29, 1.82) is 0 Å². The number of nitrogens with zero attached hydrogens (tertiary/aromatic N) is 4. The summed E-state index contributed by atoms with van der Waals surface area (Å²) in [6, 6.07) is 0. The van der Waals surface area contributed by atoms with Crippen molar-refractivity contribution in [2.45, 2.75) is 13.5 Å². The summed E-state index contributed by atoms with van der Waals surface area (Å²) in [7, 11) is 0. The van der Waals surface area contributed by atoms with Crippen LogP contribution in [0, 0.1) is 0 Å². The number of thiocarbonyl (C=S) groups is 1. The van der Waals surface area contributed by atoms with E-state index in [9.17, 15) is 4.79 Å². The minimum Gasteiger partial charge on any atom is -0.392 e. The molecular formula is C12H19N5OS. The van der Waals surface area contributed by atoms with E-state index in [4.69, 9.17) is 18.0 Å². The first-order valence-electron chi connectivity index (χ1n) is 6.43. The van der Waals surface area contributed by atoms with Gasteiger partial charge in [-0.2, -0.15) is 0 Å². The van der Waals surface area contributed by atoms with Crippen molar-refractivity contribution < 1.29 is 0 Å². The molecule has 2 rings (SSSR count). The monoisotopic (exact) mass is 281 g/mol. The van der Waals surface area contributed by atoms with Crippen LogP contribution < -0.4 is 16.2 Å². The highest BCUT2D eigenvalue weighted by molar-refractivity contribution is 7.80. The third-order valence-corrected chi connectivity index (χ3v) is 3.42. The summed E-state index contributed by atoms with van der Waals surface area (Å²) in [5, 5.41) is 0. The molecule has 1 aromatic rings. The summed E-state index contributed by atoms with van der Waals surface area (Å²) in [6.45, 7) is 6.50. The van der Waals surface area contributed by atoms with Crippen molar-refractivity contribution in [1.82, 2.24) is 14.5 Å². The largest absolute Gasteiger partial charge is 0.392 e. The Balaban J connectivity index is 2.06. The van der Waals surface area contributed by atoms with Crippen molar-refractivity contribution in [3.8, 4) is 0 Å². The maximum Gasteiger partial charge on any atom is 0.293 e. The fraction of sp³-hybridized carbons (Fsp3) is 0.583. The summed E-state index contributed by atoms with van der Waals surface area (Å²) in [4.78, 5) is 21.1. The van der Waals surface area contributed by atoms with Gasteiger partial charge in [0.25, 0.3) is 5.56 Å². The molecule has 19 heavy (non-hydrogen) atoms. The fourth-order valence-corrected chi connectivity index (χ4v) is 2.42. The maximum absolute atomic E-state index is 12.2. The molecule has 1 saturated heterocycles. The van der Waals surface area contributed by atoms with Crippen LogP contribution in [0.2, 0.25) is 0 Å². The standard InChI is InChI=1S/C12H19N5OS/c1-2-16-4-3-14-11(12(16)18)17-7-5-15(6-8-17)9-10(13)19/h3-4H,2,5-9H2,1H3,(H2,13,19). The van der Waals surface area contributed by atoms with E-state index in [-0.39, 0.29) is 5.56 Å².